The van der Waals surface area contributed by atoms with E-state index in [0.29, 0.717) is 29.5 Å². The summed E-state index contributed by atoms with van der Waals surface area (Å²) in [5.41, 5.74) is 2.26. The molecule has 11 heteroatoms. The number of piperazine rings is 1. The summed E-state index contributed by atoms with van der Waals surface area (Å²) in [6, 6.07) is 9.23. The van der Waals surface area contributed by atoms with Gasteiger partial charge in [-0.3, -0.25) is 9.48 Å². The smallest absolute Gasteiger partial charge is 0.283 e. The minimum absolute atomic E-state index is 0.00553. The van der Waals surface area contributed by atoms with E-state index in [1.165, 1.54) is 19.9 Å². The molecule has 3 aromatic rings. The van der Waals surface area contributed by atoms with Crippen LogP contribution in [0.15, 0.2) is 41.6 Å². The fraction of sp³-hybridized carbons (Fsp3) is 0.350. The maximum Gasteiger partial charge on any atom is 0.283 e. The van der Waals surface area contributed by atoms with Crippen molar-refractivity contribution in [3.63, 3.8) is 0 Å². The Labute approximate surface area is 185 Å². The summed E-state index contributed by atoms with van der Waals surface area (Å²) in [7, 11) is -2.37. The SMILES string of the molecule is Cc1cc(C)n(C(=O)c2cn(C)nc2S(=O)(=O)N2CCN(c3cccc(Cl)c3)CC2)n1. The van der Waals surface area contributed by atoms with Gasteiger partial charge in [-0.15, -0.1) is 0 Å². The number of benzene rings is 1. The molecule has 1 saturated heterocycles. The van der Waals surface area contributed by atoms with E-state index in [1.807, 2.05) is 18.2 Å². The van der Waals surface area contributed by atoms with Crippen LogP contribution in [0, 0.1) is 13.8 Å². The minimum atomic E-state index is -3.96. The summed E-state index contributed by atoms with van der Waals surface area (Å²) in [5.74, 6) is -0.519. The lowest BCUT2D eigenvalue weighted by molar-refractivity contribution is 0.0938. The fourth-order valence-electron chi connectivity index (χ4n) is 3.74. The Morgan fingerprint density at radius 2 is 1.77 bits per heavy atom. The van der Waals surface area contributed by atoms with Crippen molar-refractivity contribution in [3.05, 3.63) is 58.5 Å². The molecule has 1 aromatic carbocycles. The number of aryl methyl sites for hydroxylation is 3. The number of hydrogen-bond donors (Lipinski definition) is 0. The average molecular weight is 463 g/mol. The Morgan fingerprint density at radius 1 is 1.06 bits per heavy atom. The second-order valence-electron chi connectivity index (χ2n) is 7.54. The molecule has 0 spiro atoms. The first-order valence-electron chi connectivity index (χ1n) is 9.79. The zero-order chi connectivity index (χ0) is 22.3. The maximum atomic E-state index is 13.4. The van der Waals surface area contributed by atoms with E-state index in [2.05, 4.69) is 15.1 Å². The van der Waals surface area contributed by atoms with Crippen molar-refractivity contribution in [2.45, 2.75) is 18.9 Å². The zero-order valence-corrected chi connectivity index (χ0v) is 19.1. The molecular weight excluding hydrogens is 440 g/mol. The Morgan fingerprint density at radius 3 is 2.39 bits per heavy atom. The third-order valence-corrected chi connectivity index (χ3v) is 7.29. The van der Waals surface area contributed by atoms with Crippen molar-refractivity contribution < 1.29 is 13.2 Å². The number of carbonyl (C=O) groups excluding carboxylic acids is 1. The first kappa shape index (κ1) is 21.5. The van der Waals surface area contributed by atoms with Gasteiger partial charge in [0.25, 0.3) is 15.9 Å². The van der Waals surface area contributed by atoms with Gasteiger partial charge in [-0.25, -0.2) is 13.1 Å². The van der Waals surface area contributed by atoms with Crippen molar-refractivity contribution in [1.29, 1.82) is 0 Å². The van der Waals surface area contributed by atoms with Gasteiger partial charge in [0.15, 0.2) is 0 Å². The monoisotopic (exact) mass is 462 g/mol. The van der Waals surface area contributed by atoms with Gasteiger partial charge in [-0.05, 0) is 38.1 Å². The molecule has 1 fully saturated rings. The highest BCUT2D eigenvalue weighted by Gasteiger charge is 2.35. The van der Waals surface area contributed by atoms with E-state index >= 15 is 0 Å². The Hall–Kier alpha value is -2.69. The van der Waals surface area contributed by atoms with Crippen molar-refractivity contribution >= 4 is 33.2 Å². The molecule has 0 saturated carbocycles. The van der Waals surface area contributed by atoms with Crippen molar-refractivity contribution in [2.24, 2.45) is 7.05 Å². The summed E-state index contributed by atoms with van der Waals surface area (Å²) >= 11 is 6.08. The van der Waals surface area contributed by atoms with E-state index in [9.17, 15) is 13.2 Å². The second-order valence-corrected chi connectivity index (χ2v) is 9.83. The maximum absolute atomic E-state index is 13.4. The Balaban J connectivity index is 1.59. The lowest BCUT2D eigenvalue weighted by Crippen LogP contribution is -2.49. The summed E-state index contributed by atoms with van der Waals surface area (Å²) < 4.78 is 30.7. The number of halogens is 1. The number of carbonyl (C=O) groups is 1. The van der Waals surface area contributed by atoms with Crippen molar-refractivity contribution in [1.82, 2.24) is 23.9 Å². The third-order valence-electron chi connectivity index (χ3n) is 5.22. The van der Waals surface area contributed by atoms with Gasteiger partial charge in [-0.2, -0.15) is 14.5 Å². The van der Waals surface area contributed by atoms with Crippen LogP contribution < -0.4 is 4.90 Å². The molecule has 4 rings (SSSR count). The number of hydrogen-bond acceptors (Lipinski definition) is 6. The summed E-state index contributed by atoms with van der Waals surface area (Å²) in [6.07, 6.45) is 1.42. The molecule has 0 unspecified atom stereocenters. The number of sulfonamides is 1. The Bertz CT molecular complexity index is 1240. The predicted octanol–water partition coefficient (Wildman–Crippen LogP) is 2.09. The highest BCUT2D eigenvalue weighted by molar-refractivity contribution is 7.89. The summed E-state index contributed by atoms with van der Waals surface area (Å²) in [6.45, 7) is 5.09. The molecule has 31 heavy (non-hydrogen) atoms. The van der Waals surface area contributed by atoms with E-state index in [0.717, 1.165) is 5.69 Å². The van der Waals surface area contributed by atoms with Gasteiger partial charge < -0.3 is 4.90 Å². The number of nitrogens with zero attached hydrogens (tertiary/aromatic N) is 6. The molecule has 0 atom stereocenters. The van der Waals surface area contributed by atoms with Crippen LogP contribution in [0.2, 0.25) is 5.02 Å². The van der Waals surface area contributed by atoms with E-state index in [1.54, 1.807) is 33.0 Å². The van der Waals surface area contributed by atoms with Gasteiger partial charge in [0.05, 0.1) is 5.69 Å². The Kier molecular flexibility index (Phi) is 5.63. The summed E-state index contributed by atoms with van der Waals surface area (Å²) in [5, 5.41) is 8.70. The van der Waals surface area contributed by atoms with Crippen LogP contribution in [0.1, 0.15) is 21.7 Å². The molecule has 0 bridgehead atoms. The molecule has 0 aliphatic carbocycles. The average Bonchev–Trinajstić information content (AvgIpc) is 3.29. The van der Waals surface area contributed by atoms with Crippen LogP contribution in [0.5, 0.6) is 0 Å². The fourth-order valence-corrected chi connectivity index (χ4v) is 5.46. The highest BCUT2D eigenvalue weighted by atomic mass is 35.5. The molecule has 164 valence electrons. The van der Waals surface area contributed by atoms with Gasteiger partial charge in [-0.1, -0.05) is 17.7 Å². The standard InChI is InChI=1S/C20H23ClN6O3S/c1-14-11-15(2)27(22-14)20(28)18-13-24(3)23-19(18)31(29,30)26-9-7-25(8-10-26)17-6-4-5-16(21)12-17/h4-6,11-13H,7-10H2,1-3H3. The van der Waals surface area contributed by atoms with E-state index < -0.39 is 15.9 Å². The molecule has 2 aromatic heterocycles. The molecule has 1 aliphatic heterocycles. The van der Waals surface area contributed by atoms with Crippen molar-refractivity contribution in [2.75, 3.05) is 31.1 Å². The highest BCUT2D eigenvalue weighted by Crippen LogP contribution is 2.25. The molecule has 3 heterocycles. The van der Waals surface area contributed by atoms with Gasteiger partial charge in [0, 0.05) is 55.8 Å². The topological polar surface area (TPSA) is 93.3 Å². The summed E-state index contributed by atoms with van der Waals surface area (Å²) in [4.78, 5) is 15.1. The number of anilines is 1. The quantitative estimate of drug-likeness (QED) is 0.589. The second kappa shape index (κ2) is 8.10. The minimum Gasteiger partial charge on any atom is -0.369 e. The van der Waals surface area contributed by atoms with Gasteiger partial charge in [0.1, 0.15) is 5.56 Å². The molecule has 0 radical (unpaired) electrons. The molecule has 1 aliphatic rings. The van der Waals surface area contributed by atoms with Crippen LogP contribution in [0.25, 0.3) is 0 Å². The number of aromatic nitrogens is 4. The molecule has 0 N–H and O–H groups in total. The van der Waals surface area contributed by atoms with Crippen LogP contribution >= 0.6 is 11.6 Å². The molecule has 9 nitrogen and oxygen atoms in total. The van der Waals surface area contributed by atoms with Crippen LogP contribution in [-0.4, -0.2) is 64.4 Å². The third kappa shape index (κ3) is 4.10. The van der Waals surface area contributed by atoms with Crippen LogP contribution in [-0.2, 0) is 17.1 Å². The zero-order valence-electron chi connectivity index (χ0n) is 17.5. The number of rotatable bonds is 4. The largest absolute Gasteiger partial charge is 0.369 e. The predicted molar refractivity (Wildman–Crippen MR) is 117 cm³/mol. The van der Waals surface area contributed by atoms with Crippen LogP contribution in [0.4, 0.5) is 5.69 Å². The first-order valence-corrected chi connectivity index (χ1v) is 11.6. The van der Waals surface area contributed by atoms with Crippen LogP contribution in [0.3, 0.4) is 0 Å². The first-order chi connectivity index (χ1) is 14.7. The lowest BCUT2D eigenvalue weighted by atomic mass is 10.2. The van der Waals surface area contributed by atoms with Gasteiger partial charge in [0.2, 0.25) is 5.03 Å². The van der Waals surface area contributed by atoms with Crippen molar-refractivity contribution in [3.8, 4) is 0 Å². The molecular formula is C20H23ClN6O3S. The molecule has 0 amide bonds. The lowest BCUT2D eigenvalue weighted by Gasteiger charge is -2.35. The van der Waals surface area contributed by atoms with E-state index in [-0.39, 0.29) is 23.7 Å². The van der Waals surface area contributed by atoms with E-state index in [4.69, 9.17) is 11.6 Å². The van der Waals surface area contributed by atoms with Gasteiger partial charge >= 0.3 is 0 Å². The normalized spacial score (nSPS) is 15.4.